The van der Waals surface area contributed by atoms with Crippen LogP contribution in [0.25, 0.3) is 0 Å². The largest absolute Gasteiger partial charge is 0.493 e. The van der Waals surface area contributed by atoms with E-state index in [1.807, 2.05) is 18.2 Å². The van der Waals surface area contributed by atoms with Gasteiger partial charge in [0, 0.05) is 18.9 Å². The number of nitrogens with two attached hydrogens (primary N) is 1. The quantitative estimate of drug-likeness (QED) is 0.846. The average Bonchev–Trinajstić information content (AvgIpc) is 3.20. The van der Waals surface area contributed by atoms with Crippen molar-refractivity contribution < 1.29 is 19.0 Å². The van der Waals surface area contributed by atoms with Gasteiger partial charge < -0.3 is 19.9 Å². The number of ether oxygens (including phenoxy) is 3. The highest BCUT2D eigenvalue weighted by molar-refractivity contribution is 5.79. The van der Waals surface area contributed by atoms with Crippen molar-refractivity contribution in [3.8, 4) is 11.5 Å². The molecule has 0 aliphatic heterocycles. The topological polar surface area (TPSA) is 70.8 Å². The predicted octanol–water partition coefficient (Wildman–Crippen LogP) is 1.51. The number of carbonyl (C=O) groups excluding carboxylic acids is 1. The standard InChI is InChI=1S/C14H19NO4/c1-17-11-5-4-8(6-12(11)18-2)13(19-3)9-7-10(9)14(15)16/h4-6,9-10,13H,7H2,1-3H3,(H2,15,16). The summed E-state index contributed by atoms with van der Waals surface area (Å²) in [4.78, 5) is 11.2. The summed E-state index contributed by atoms with van der Waals surface area (Å²) >= 11 is 0. The summed E-state index contributed by atoms with van der Waals surface area (Å²) in [7, 11) is 4.82. The maximum Gasteiger partial charge on any atom is 0.220 e. The van der Waals surface area contributed by atoms with E-state index in [1.54, 1.807) is 21.3 Å². The van der Waals surface area contributed by atoms with Gasteiger partial charge in [-0.1, -0.05) is 6.07 Å². The van der Waals surface area contributed by atoms with Crippen LogP contribution in [0.4, 0.5) is 0 Å². The van der Waals surface area contributed by atoms with E-state index in [4.69, 9.17) is 19.9 Å². The Bertz CT molecular complexity index is 475. The number of carbonyl (C=O) groups is 1. The van der Waals surface area contributed by atoms with Crippen LogP contribution < -0.4 is 15.2 Å². The van der Waals surface area contributed by atoms with E-state index < -0.39 is 0 Å². The van der Waals surface area contributed by atoms with Gasteiger partial charge in [0.2, 0.25) is 5.91 Å². The van der Waals surface area contributed by atoms with Crippen molar-refractivity contribution in [2.75, 3.05) is 21.3 Å². The van der Waals surface area contributed by atoms with E-state index in [-0.39, 0.29) is 23.8 Å². The summed E-state index contributed by atoms with van der Waals surface area (Å²) < 4.78 is 16.0. The lowest BCUT2D eigenvalue weighted by Gasteiger charge is -2.17. The molecule has 3 atom stereocenters. The van der Waals surface area contributed by atoms with Gasteiger partial charge in [0.1, 0.15) is 0 Å². The van der Waals surface area contributed by atoms with Gasteiger partial charge in [-0.2, -0.15) is 0 Å². The molecule has 0 bridgehead atoms. The molecule has 0 heterocycles. The zero-order chi connectivity index (χ0) is 14.0. The second-order valence-corrected chi connectivity index (χ2v) is 4.68. The average molecular weight is 265 g/mol. The Morgan fingerprint density at radius 1 is 1.26 bits per heavy atom. The molecule has 1 amide bonds. The Labute approximate surface area is 112 Å². The molecule has 0 aromatic heterocycles. The van der Waals surface area contributed by atoms with E-state index in [0.717, 1.165) is 12.0 Å². The maximum atomic E-state index is 11.2. The summed E-state index contributed by atoms with van der Waals surface area (Å²) in [6.07, 6.45) is 0.639. The minimum Gasteiger partial charge on any atom is -0.493 e. The van der Waals surface area contributed by atoms with Gasteiger partial charge in [0.25, 0.3) is 0 Å². The van der Waals surface area contributed by atoms with Gasteiger partial charge in [-0.05, 0) is 24.1 Å². The third kappa shape index (κ3) is 2.66. The van der Waals surface area contributed by atoms with Gasteiger partial charge in [-0.15, -0.1) is 0 Å². The van der Waals surface area contributed by atoms with E-state index in [0.29, 0.717) is 11.5 Å². The van der Waals surface area contributed by atoms with Crippen molar-refractivity contribution in [2.24, 2.45) is 17.6 Å². The van der Waals surface area contributed by atoms with Crippen LogP contribution in [0, 0.1) is 11.8 Å². The zero-order valence-corrected chi connectivity index (χ0v) is 11.4. The van der Waals surface area contributed by atoms with Crippen molar-refractivity contribution in [2.45, 2.75) is 12.5 Å². The Morgan fingerprint density at radius 3 is 2.42 bits per heavy atom. The predicted molar refractivity (Wildman–Crippen MR) is 70.1 cm³/mol. The Kier molecular flexibility index (Phi) is 3.95. The molecule has 0 saturated heterocycles. The fourth-order valence-corrected chi connectivity index (χ4v) is 2.46. The van der Waals surface area contributed by atoms with Gasteiger partial charge in [0.15, 0.2) is 11.5 Å². The summed E-state index contributed by atoms with van der Waals surface area (Å²) in [5.41, 5.74) is 6.29. The normalized spacial score (nSPS) is 22.7. The van der Waals surface area contributed by atoms with Crippen LogP contribution in [0.5, 0.6) is 11.5 Å². The molecule has 3 unspecified atom stereocenters. The fourth-order valence-electron chi connectivity index (χ4n) is 2.46. The molecule has 1 aromatic carbocycles. The van der Waals surface area contributed by atoms with Gasteiger partial charge in [0.05, 0.1) is 20.3 Å². The summed E-state index contributed by atoms with van der Waals surface area (Å²) in [6, 6.07) is 5.64. The number of hydrogen-bond acceptors (Lipinski definition) is 4. The number of hydrogen-bond donors (Lipinski definition) is 1. The van der Waals surface area contributed by atoms with E-state index >= 15 is 0 Å². The highest BCUT2D eigenvalue weighted by Crippen LogP contribution is 2.49. The minimum atomic E-state index is -0.257. The number of primary amides is 1. The molecule has 2 rings (SSSR count). The summed E-state index contributed by atoms with van der Waals surface area (Å²) in [5, 5.41) is 0. The van der Waals surface area contributed by atoms with Crippen molar-refractivity contribution in [1.29, 1.82) is 0 Å². The molecule has 0 radical (unpaired) electrons. The van der Waals surface area contributed by atoms with Crippen LogP contribution in [0.15, 0.2) is 18.2 Å². The first-order chi connectivity index (χ1) is 9.12. The Morgan fingerprint density at radius 2 is 1.95 bits per heavy atom. The third-order valence-electron chi connectivity index (χ3n) is 3.58. The van der Waals surface area contributed by atoms with Crippen molar-refractivity contribution in [1.82, 2.24) is 0 Å². The van der Waals surface area contributed by atoms with Crippen LogP contribution >= 0.6 is 0 Å². The van der Waals surface area contributed by atoms with Crippen LogP contribution in [0.3, 0.4) is 0 Å². The summed E-state index contributed by atoms with van der Waals surface area (Å²) in [6.45, 7) is 0. The molecule has 1 fully saturated rings. The highest BCUT2D eigenvalue weighted by atomic mass is 16.5. The highest BCUT2D eigenvalue weighted by Gasteiger charge is 2.47. The van der Waals surface area contributed by atoms with Crippen LogP contribution in [0.2, 0.25) is 0 Å². The first kappa shape index (κ1) is 13.7. The van der Waals surface area contributed by atoms with E-state index in [1.165, 1.54) is 0 Å². The lowest BCUT2D eigenvalue weighted by molar-refractivity contribution is -0.119. The number of benzene rings is 1. The molecule has 5 heteroatoms. The fraction of sp³-hybridized carbons (Fsp3) is 0.500. The van der Waals surface area contributed by atoms with Crippen LogP contribution in [0.1, 0.15) is 18.1 Å². The molecule has 2 N–H and O–H groups in total. The van der Waals surface area contributed by atoms with Gasteiger partial charge in [-0.3, -0.25) is 4.79 Å². The SMILES string of the molecule is COc1ccc(C(OC)C2CC2C(N)=O)cc1OC. The molecule has 104 valence electrons. The second kappa shape index (κ2) is 5.48. The molecule has 1 aliphatic carbocycles. The zero-order valence-electron chi connectivity index (χ0n) is 11.4. The third-order valence-corrected chi connectivity index (χ3v) is 3.58. The molecule has 1 aliphatic rings. The lowest BCUT2D eigenvalue weighted by Crippen LogP contribution is -2.16. The number of rotatable bonds is 6. The van der Waals surface area contributed by atoms with E-state index in [9.17, 15) is 4.79 Å². The molecular formula is C14H19NO4. The monoisotopic (exact) mass is 265 g/mol. The second-order valence-electron chi connectivity index (χ2n) is 4.68. The Balaban J connectivity index is 2.22. The van der Waals surface area contributed by atoms with Crippen molar-refractivity contribution >= 4 is 5.91 Å². The maximum absolute atomic E-state index is 11.2. The molecule has 19 heavy (non-hydrogen) atoms. The smallest absolute Gasteiger partial charge is 0.220 e. The minimum absolute atomic E-state index is 0.0851. The Hall–Kier alpha value is -1.75. The van der Waals surface area contributed by atoms with Gasteiger partial charge >= 0.3 is 0 Å². The molecule has 5 nitrogen and oxygen atoms in total. The number of methoxy groups -OCH3 is 3. The lowest BCUT2D eigenvalue weighted by atomic mass is 10.0. The van der Waals surface area contributed by atoms with Crippen LogP contribution in [-0.4, -0.2) is 27.2 Å². The van der Waals surface area contributed by atoms with E-state index in [2.05, 4.69) is 0 Å². The molecule has 1 saturated carbocycles. The van der Waals surface area contributed by atoms with Crippen molar-refractivity contribution in [3.05, 3.63) is 23.8 Å². The van der Waals surface area contributed by atoms with Crippen molar-refractivity contribution in [3.63, 3.8) is 0 Å². The molecule has 0 spiro atoms. The molecular weight excluding hydrogens is 246 g/mol. The van der Waals surface area contributed by atoms with Gasteiger partial charge in [-0.25, -0.2) is 0 Å². The number of amides is 1. The summed E-state index contributed by atoms with van der Waals surface area (Å²) in [5.74, 6) is 1.13. The first-order valence-electron chi connectivity index (χ1n) is 6.16. The molecule has 1 aromatic rings. The van der Waals surface area contributed by atoms with Crippen LogP contribution in [-0.2, 0) is 9.53 Å². The first-order valence-corrected chi connectivity index (χ1v) is 6.16.